The van der Waals surface area contributed by atoms with E-state index in [1.165, 1.54) is 30.6 Å². The Hall–Kier alpha value is -1.66. The van der Waals surface area contributed by atoms with Gasteiger partial charge in [0, 0.05) is 15.8 Å². The molecule has 1 N–H and O–H groups in total. The van der Waals surface area contributed by atoms with Crippen LogP contribution < -0.4 is 5.32 Å². The number of esters is 1. The molecular formula is C21H23NO3S2. The highest BCUT2D eigenvalue weighted by molar-refractivity contribution is 7.17. The van der Waals surface area contributed by atoms with Gasteiger partial charge in [0.05, 0.1) is 12.0 Å². The Bertz CT molecular complexity index is 871. The fraction of sp³-hybridized carbons (Fsp3) is 0.524. The maximum atomic E-state index is 13.4. The third-order valence-electron chi connectivity index (χ3n) is 6.73. The molecule has 2 aromatic rings. The highest BCUT2D eigenvalue weighted by Gasteiger charge is 2.61. The molecule has 0 saturated heterocycles. The molecule has 6 rings (SSSR count). The Kier molecular flexibility index (Phi) is 4.17. The largest absolute Gasteiger partial charge is 0.462 e. The normalized spacial score (nSPS) is 30.6. The van der Waals surface area contributed by atoms with Crippen LogP contribution in [0.15, 0.2) is 22.9 Å². The van der Waals surface area contributed by atoms with Crippen LogP contribution in [0.4, 0.5) is 5.00 Å². The number of rotatable bonds is 5. The number of hydrogen-bond donors (Lipinski definition) is 1. The number of hydrogen-bond acceptors (Lipinski definition) is 5. The Morgan fingerprint density at radius 1 is 1.22 bits per heavy atom. The summed E-state index contributed by atoms with van der Waals surface area (Å²) < 4.78 is 5.30. The van der Waals surface area contributed by atoms with Crippen LogP contribution in [-0.2, 0) is 9.53 Å². The van der Waals surface area contributed by atoms with E-state index in [0.29, 0.717) is 23.1 Å². The van der Waals surface area contributed by atoms with Crippen molar-refractivity contribution in [3.05, 3.63) is 28.5 Å². The van der Waals surface area contributed by atoms with Crippen molar-refractivity contribution in [2.24, 2.45) is 23.2 Å². The SMILES string of the molecule is CCOC(=O)c1c(-c2cccs2)csc1NC(=O)C12CC3CC(CC1C3)C2. The number of carbonyl (C=O) groups is 2. The maximum Gasteiger partial charge on any atom is 0.341 e. The molecule has 2 atom stereocenters. The monoisotopic (exact) mass is 401 g/mol. The molecule has 2 aromatic heterocycles. The highest BCUT2D eigenvalue weighted by Crippen LogP contribution is 2.65. The molecule has 1 amide bonds. The van der Waals surface area contributed by atoms with Gasteiger partial charge in [-0.25, -0.2) is 4.79 Å². The van der Waals surface area contributed by atoms with E-state index in [9.17, 15) is 9.59 Å². The summed E-state index contributed by atoms with van der Waals surface area (Å²) in [5.74, 6) is 1.75. The Morgan fingerprint density at radius 2 is 2.00 bits per heavy atom. The lowest BCUT2D eigenvalue weighted by Gasteiger charge is -2.31. The summed E-state index contributed by atoms with van der Waals surface area (Å²) in [6.07, 6.45) is 5.77. The van der Waals surface area contributed by atoms with Crippen molar-refractivity contribution in [1.82, 2.24) is 0 Å². The average molecular weight is 402 g/mol. The van der Waals surface area contributed by atoms with Crippen LogP contribution >= 0.6 is 22.7 Å². The van der Waals surface area contributed by atoms with Crippen molar-refractivity contribution >= 4 is 39.6 Å². The van der Waals surface area contributed by atoms with Gasteiger partial charge in [0.25, 0.3) is 0 Å². The smallest absolute Gasteiger partial charge is 0.341 e. The molecule has 0 aliphatic heterocycles. The summed E-state index contributed by atoms with van der Waals surface area (Å²) in [6.45, 7) is 2.13. The van der Waals surface area contributed by atoms with Gasteiger partial charge in [-0.05, 0) is 68.2 Å². The molecule has 4 nitrogen and oxygen atoms in total. The fourth-order valence-electron chi connectivity index (χ4n) is 5.86. The zero-order valence-electron chi connectivity index (χ0n) is 15.3. The van der Waals surface area contributed by atoms with Crippen molar-refractivity contribution in [1.29, 1.82) is 0 Å². The van der Waals surface area contributed by atoms with Gasteiger partial charge in [-0.3, -0.25) is 4.79 Å². The quantitative estimate of drug-likeness (QED) is 0.681. The summed E-state index contributed by atoms with van der Waals surface area (Å²) in [5.41, 5.74) is 1.16. The lowest BCUT2D eigenvalue weighted by Crippen LogP contribution is -2.37. The molecule has 4 aliphatic carbocycles. The third kappa shape index (κ3) is 2.68. The minimum atomic E-state index is -0.354. The summed E-state index contributed by atoms with van der Waals surface area (Å²) in [6, 6.07) is 3.97. The van der Waals surface area contributed by atoms with Gasteiger partial charge >= 0.3 is 5.97 Å². The van der Waals surface area contributed by atoms with Gasteiger partial charge in [-0.2, -0.15) is 0 Å². The molecule has 142 valence electrons. The topological polar surface area (TPSA) is 55.4 Å². The van der Waals surface area contributed by atoms with Crippen molar-refractivity contribution in [2.75, 3.05) is 11.9 Å². The molecule has 4 saturated carbocycles. The molecule has 6 heteroatoms. The number of nitrogens with one attached hydrogen (secondary N) is 1. The van der Waals surface area contributed by atoms with Gasteiger partial charge in [-0.1, -0.05) is 6.07 Å². The van der Waals surface area contributed by atoms with Gasteiger partial charge in [0.15, 0.2) is 0 Å². The number of carbonyl (C=O) groups excluding carboxylic acids is 2. The Labute approximate surface area is 166 Å². The van der Waals surface area contributed by atoms with Gasteiger partial charge in [-0.15, -0.1) is 22.7 Å². The van der Waals surface area contributed by atoms with E-state index in [1.54, 1.807) is 18.3 Å². The molecule has 2 heterocycles. The van der Waals surface area contributed by atoms with E-state index in [-0.39, 0.29) is 17.3 Å². The van der Waals surface area contributed by atoms with Crippen molar-refractivity contribution in [3.8, 4) is 10.4 Å². The number of anilines is 1. The number of thiophene rings is 2. The second-order valence-electron chi connectivity index (χ2n) is 8.21. The molecule has 0 aromatic carbocycles. The van der Waals surface area contributed by atoms with E-state index >= 15 is 0 Å². The zero-order valence-corrected chi connectivity index (χ0v) is 17.0. The minimum Gasteiger partial charge on any atom is -0.462 e. The molecule has 0 spiro atoms. The van der Waals surface area contributed by atoms with E-state index in [1.807, 2.05) is 22.9 Å². The first-order valence-electron chi connectivity index (χ1n) is 9.74. The summed E-state index contributed by atoms with van der Waals surface area (Å²) in [4.78, 5) is 27.0. The molecule has 2 unspecified atom stereocenters. The minimum absolute atomic E-state index is 0.127. The Balaban J connectivity index is 1.47. The lowest BCUT2D eigenvalue weighted by molar-refractivity contribution is -0.127. The second-order valence-corrected chi connectivity index (χ2v) is 10.0. The fourth-order valence-corrected chi connectivity index (χ4v) is 7.63. The first kappa shape index (κ1) is 17.4. The van der Waals surface area contributed by atoms with Gasteiger partial charge < -0.3 is 10.1 Å². The first-order chi connectivity index (χ1) is 13.1. The van der Waals surface area contributed by atoms with Crippen LogP contribution in [0.5, 0.6) is 0 Å². The number of ether oxygens (including phenoxy) is 1. The van der Waals surface area contributed by atoms with Crippen molar-refractivity contribution < 1.29 is 14.3 Å². The molecule has 27 heavy (non-hydrogen) atoms. The molecular weight excluding hydrogens is 378 g/mol. The summed E-state index contributed by atoms with van der Waals surface area (Å²) >= 11 is 3.02. The predicted octanol–water partition coefficient (Wildman–Crippen LogP) is 5.42. The molecule has 4 bridgehead atoms. The van der Waals surface area contributed by atoms with Crippen LogP contribution in [0.3, 0.4) is 0 Å². The lowest BCUT2D eigenvalue weighted by atomic mass is 9.75. The van der Waals surface area contributed by atoms with Gasteiger partial charge in [0.1, 0.15) is 10.6 Å². The van der Waals surface area contributed by atoms with Gasteiger partial charge in [0.2, 0.25) is 5.91 Å². The van der Waals surface area contributed by atoms with Crippen LogP contribution in [0, 0.1) is 23.2 Å². The van der Waals surface area contributed by atoms with Crippen LogP contribution in [0.1, 0.15) is 49.4 Å². The van der Waals surface area contributed by atoms with E-state index in [2.05, 4.69) is 5.32 Å². The van der Waals surface area contributed by atoms with E-state index < -0.39 is 0 Å². The molecule has 4 aliphatic rings. The second kappa shape index (κ2) is 6.45. The third-order valence-corrected chi connectivity index (χ3v) is 8.52. The molecule has 4 fully saturated rings. The van der Waals surface area contributed by atoms with Crippen molar-refractivity contribution in [2.45, 2.75) is 39.0 Å². The standard InChI is InChI=1S/C21H23NO3S2/c1-2-25-19(23)17-15(16-4-3-5-26-16)11-27-18(17)22-20(24)21-9-12-6-13(10-21)8-14(21)7-12/h3-5,11-14H,2,6-10H2,1H3,(H,22,24). The van der Waals surface area contributed by atoms with E-state index in [4.69, 9.17) is 4.74 Å². The van der Waals surface area contributed by atoms with Crippen LogP contribution in [0.2, 0.25) is 0 Å². The zero-order chi connectivity index (χ0) is 18.6. The van der Waals surface area contributed by atoms with E-state index in [0.717, 1.165) is 35.1 Å². The summed E-state index contributed by atoms with van der Waals surface area (Å²) in [5, 5.41) is 7.76. The Morgan fingerprint density at radius 3 is 2.67 bits per heavy atom. The molecule has 0 radical (unpaired) electrons. The average Bonchev–Trinajstić information content (AvgIpc) is 3.38. The predicted molar refractivity (Wildman–Crippen MR) is 108 cm³/mol. The highest BCUT2D eigenvalue weighted by atomic mass is 32.1. The number of amides is 1. The summed E-state index contributed by atoms with van der Waals surface area (Å²) in [7, 11) is 0. The first-order valence-corrected chi connectivity index (χ1v) is 11.5. The van der Waals surface area contributed by atoms with Crippen LogP contribution in [-0.4, -0.2) is 18.5 Å². The van der Waals surface area contributed by atoms with Crippen LogP contribution in [0.25, 0.3) is 10.4 Å². The maximum absolute atomic E-state index is 13.4. The van der Waals surface area contributed by atoms with Crippen molar-refractivity contribution in [3.63, 3.8) is 0 Å².